The van der Waals surface area contributed by atoms with Crippen LogP contribution in [0.25, 0.3) is 12.2 Å². The molecule has 1 atom stereocenters. The third-order valence-corrected chi connectivity index (χ3v) is 14.3. The molecule has 1 unspecified atom stereocenters. The van der Waals surface area contributed by atoms with Gasteiger partial charge in [-0.25, -0.2) is 9.59 Å². The zero-order valence-electron chi connectivity index (χ0n) is 50.3. The quantitative estimate of drug-likeness (QED) is 0.0227. The van der Waals surface area contributed by atoms with Crippen molar-refractivity contribution in [1.82, 2.24) is 0 Å². The van der Waals surface area contributed by atoms with E-state index >= 15 is 0 Å². The molecule has 0 spiro atoms. The Hall–Kier alpha value is -6.18. The van der Waals surface area contributed by atoms with E-state index in [1.165, 1.54) is 19.3 Å². The molecule has 0 heterocycles. The first kappa shape index (κ1) is 67.3. The summed E-state index contributed by atoms with van der Waals surface area (Å²) in [5, 5.41) is 0. The maximum Gasteiger partial charge on any atom is 0.336 e. The minimum absolute atomic E-state index is 0.211. The highest BCUT2D eigenvalue weighted by Crippen LogP contribution is 2.54. The Bertz CT molecular complexity index is 2330. The van der Waals surface area contributed by atoms with Gasteiger partial charge in [0, 0.05) is 23.3 Å². The third kappa shape index (κ3) is 24.4. The number of hydrogen-bond acceptors (Lipinski definition) is 14. The highest BCUT2D eigenvalue weighted by molar-refractivity contribution is 5.91. The van der Waals surface area contributed by atoms with Crippen LogP contribution in [0.5, 0.6) is 46.0 Å². The Labute approximate surface area is 485 Å². The Morgan fingerprint density at radius 2 is 0.778 bits per heavy atom. The lowest BCUT2D eigenvalue weighted by Crippen LogP contribution is -2.33. The lowest BCUT2D eigenvalue weighted by atomic mass is 9.87. The fraction of sp³-hybridized carbons (Fsp3) is 0.612. The average molecular weight is 1130 g/mol. The fourth-order valence-corrected chi connectivity index (χ4v) is 9.35. The zero-order chi connectivity index (χ0) is 58.3. The smallest absolute Gasteiger partial charge is 0.336 e. The summed E-state index contributed by atoms with van der Waals surface area (Å²) in [6.45, 7) is 15.8. The van der Waals surface area contributed by atoms with Crippen LogP contribution in [0.2, 0.25) is 0 Å². The van der Waals surface area contributed by atoms with Gasteiger partial charge in [0.2, 0.25) is 11.5 Å². The molecule has 0 aliphatic heterocycles. The summed E-state index contributed by atoms with van der Waals surface area (Å²) in [5.41, 5.74) is 0.510. The number of carbonyl (C=O) groups excluding carboxylic acids is 4. The van der Waals surface area contributed by atoms with Crippen LogP contribution in [-0.4, -0.2) is 77.2 Å². The number of benzene rings is 3. The fourth-order valence-electron chi connectivity index (χ4n) is 9.35. The summed E-state index contributed by atoms with van der Waals surface area (Å²) in [4.78, 5) is 52.1. The SMILES string of the molecule is CCCCCCOc1ccc(/C=C/C(=O)Oc2ccc(OC(=O)/C=C/c3ccc(OCCCCOC(=O)C4(C(CC)C(=O)OC)CC4)c(OCCCCCC)c3OCCCCCC)cc2)c(OCCCCCC)c1OCCCCCC. The van der Waals surface area contributed by atoms with E-state index in [1.807, 2.05) is 31.2 Å². The van der Waals surface area contributed by atoms with Gasteiger partial charge in [0.1, 0.15) is 11.5 Å². The Morgan fingerprint density at radius 1 is 0.432 bits per heavy atom. The molecule has 0 bridgehead atoms. The zero-order valence-corrected chi connectivity index (χ0v) is 50.3. The summed E-state index contributed by atoms with van der Waals surface area (Å²) >= 11 is 0. The van der Waals surface area contributed by atoms with Crippen molar-refractivity contribution in [2.24, 2.45) is 11.3 Å². The maximum atomic E-state index is 13.4. The van der Waals surface area contributed by atoms with Gasteiger partial charge in [0.25, 0.3) is 0 Å². The minimum atomic E-state index is -0.785. The summed E-state index contributed by atoms with van der Waals surface area (Å²) < 4.78 is 60.4. The second-order valence-electron chi connectivity index (χ2n) is 21.0. The predicted molar refractivity (Wildman–Crippen MR) is 320 cm³/mol. The molecule has 1 aliphatic rings. The van der Waals surface area contributed by atoms with Crippen molar-refractivity contribution in [1.29, 1.82) is 0 Å². The van der Waals surface area contributed by atoms with Crippen molar-refractivity contribution >= 4 is 36.0 Å². The van der Waals surface area contributed by atoms with Gasteiger partial charge >= 0.3 is 23.9 Å². The molecule has 81 heavy (non-hydrogen) atoms. The van der Waals surface area contributed by atoms with E-state index in [0.717, 1.165) is 128 Å². The van der Waals surface area contributed by atoms with Crippen LogP contribution < -0.4 is 37.9 Å². The first-order chi connectivity index (χ1) is 39.6. The molecule has 1 fully saturated rings. The van der Waals surface area contributed by atoms with Crippen LogP contribution in [0.4, 0.5) is 0 Å². The van der Waals surface area contributed by atoms with Crippen LogP contribution in [-0.2, 0) is 28.7 Å². The molecular formula is C67H98O14. The third-order valence-electron chi connectivity index (χ3n) is 14.3. The number of hydrogen-bond donors (Lipinski definition) is 0. The Morgan fingerprint density at radius 3 is 1.12 bits per heavy atom. The molecule has 1 saturated carbocycles. The highest BCUT2D eigenvalue weighted by atomic mass is 16.6. The number of unbranched alkanes of at least 4 members (excludes halogenated alkanes) is 16. The topological polar surface area (TPSA) is 161 Å². The summed E-state index contributed by atoms with van der Waals surface area (Å²) in [6.07, 6.45) is 29.8. The number of esters is 4. The second-order valence-corrected chi connectivity index (χ2v) is 21.0. The van der Waals surface area contributed by atoms with Crippen molar-refractivity contribution in [2.75, 3.05) is 53.4 Å². The average Bonchev–Trinajstić information content (AvgIpc) is 4.48. The highest BCUT2D eigenvalue weighted by Gasteiger charge is 2.59. The summed E-state index contributed by atoms with van der Waals surface area (Å²) in [7, 11) is 1.35. The van der Waals surface area contributed by atoms with E-state index in [-0.39, 0.29) is 30.0 Å². The van der Waals surface area contributed by atoms with Crippen molar-refractivity contribution in [3.05, 3.63) is 71.8 Å². The molecule has 450 valence electrons. The second kappa shape index (κ2) is 40.1. The molecule has 0 radical (unpaired) electrons. The predicted octanol–water partition coefficient (Wildman–Crippen LogP) is 16.4. The Kier molecular flexibility index (Phi) is 33.3. The molecule has 3 aromatic rings. The molecule has 4 rings (SSSR count). The van der Waals surface area contributed by atoms with Gasteiger partial charge in [-0.15, -0.1) is 0 Å². The van der Waals surface area contributed by atoms with Gasteiger partial charge < -0.3 is 47.4 Å². The van der Waals surface area contributed by atoms with Crippen LogP contribution in [0, 0.1) is 11.3 Å². The van der Waals surface area contributed by atoms with E-state index < -0.39 is 23.3 Å². The van der Waals surface area contributed by atoms with Crippen molar-refractivity contribution in [2.45, 2.75) is 202 Å². The van der Waals surface area contributed by atoms with E-state index in [1.54, 1.807) is 36.4 Å². The molecule has 14 heteroatoms. The lowest BCUT2D eigenvalue weighted by Gasteiger charge is -2.22. The van der Waals surface area contributed by atoms with Gasteiger partial charge in [0.05, 0.1) is 64.7 Å². The lowest BCUT2D eigenvalue weighted by molar-refractivity contribution is -0.161. The number of carbonyl (C=O) groups is 4. The molecule has 0 amide bonds. The first-order valence-corrected chi connectivity index (χ1v) is 30.8. The Balaban J connectivity index is 1.45. The normalized spacial score (nSPS) is 12.9. The van der Waals surface area contributed by atoms with E-state index in [9.17, 15) is 19.2 Å². The summed E-state index contributed by atoms with van der Waals surface area (Å²) in [6, 6.07) is 13.7. The molecule has 14 nitrogen and oxygen atoms in total. The molecular weight excluding hydrogens is 1030 g/mol. The number of rotatable bonds is 46. The molecule has 3 aromatic carbocycles. The van der Waals surface area contributed by atoms with E-state index in [0.29, 0.717) is 117 Å². The molecule has 0 N–H and O–H groups in total. The van der Waals surface area contributed by atoms with Gasteiger partial charge in [-0.1, -0.05) is 138 Å². The monoisotopic (exact) mass is 1130 g/mol. The van der Waals surface area contributed by atoms with Crippen molar-refractivity contribution < 1.29 is 66.5 Å². The van der Waals surface area contributed by atoms with Gasteiger partial charge in [-0.05, 0) is 125 Å². The molecule has 0 saturated heterocycles. The van der Waals surface area contributed by atoms with E-state index in [2.05, 4.69) is 34.6 Å². The van der Waals surface area contributed by atoms with Gasteiger partial charge in [-0.3, -0.25) is 9.59 Å². The van der Waals surface area contributed by atoms with Crippen LogP contribution in [0.1, 0.15) is 213 Å². The van der Waals surface area contributed by atoms with E-state index in [4.69, 9.17) is 47.4 Å². The minimum Gasteiger partial charge on any atom is -0.490 e. The first-order valence-electron chi connectivity index (χ1n) is 30.8. The largest absolute Gasteiger partial charge is 0.490 e. The number of ether oxygens (including phenoxy) is 10. The van der Waals surface area contributed by atoms with Crippen molar-refractivity contribution in [3.8, 4) is 46.0 Å². The standard InChI is InChI=1S/C67H98O14/c1-8-14-19-24-45-73-57-39-31-52(61(75-47-25-20-15-9-2)63(57)77-49-27-22-17-11-4)33-41-59(68)80-54-35-37-55(38-36-54)81-60(69)42-34-53-32-40-58(64(78-50-28-23-18-12-5)62(53)76-48-26-21-16-10-3)74-46-29-30-51-79-66(71)67(43-44-67)56(13-6)65(70)72-7/h31-42,56H,8-30,43-51H2,1-7H3/b41-33+,42-34+. The van der Waals surface area contributed by atoms with Crippen LogP contribution in [0.15, 0.2) is 60.7 Å². The van der Waals surface area contributed by atoms with Crippen LogP contribution in [0.3, 0.4) is 0 Å². The van der Waals surface area contributed by atoms with Gasteiger partial charge in [0.15, 0.2) is 23.0 Å². The maximum absolute atomic E-state index is 13.4. The number of methoxy groups -OCH3 is 1. The van der Waals surface area contributed by atoms with Crippen molar-refractivity contribution in [3.63, 3.8) is 0 Å². The molecule has 1 aliphatic carbocycles. The summed E-state index contributed by atoms with van der Waals surface area (Å²) in [5.74, 6) is 1.29. The molecule has 0 aromatic heterocycles. The van der Waals surface area contributed by atoms with Crippen LogP contribution >= 0.6 is 0 Å². The van der Waals surface area contributed by atoms with Gasteiger partial charge in [-0.2, -0.15) is 0 Å².